The van der Waals surface area contributed by atoms with E-state index in [1.165, 1.54) is 17.0 Å². The zero-order chi connectivity index (χ0) is 18.8. The topological polar surface area (TPSA) is 110 Å². The third-order valence-electron chi connectivity index (χ3n) is 3.72. The molecule has 10 heteroatoms. The van der Waals surface area contributed by atoms with Crippen molar-refractivity contribution in [1.82, 2.24) is 29.4 Å². The van der Waals surface area contributed by atoms with E-state index in [-0.39, 0.29) is 18.0 Å². The number of hydrogen-bond donors (Lipinski definition) is 1. The Labute approximate surface area is 149 Å². The third-order valence-corrected chi connectivity index (χ3v) is 3.72. The molecule has 0 aliphatic rings. The standard InChI is InChI=1S/C16H20N8O2/c1-10(2)11-7-12-15(26)23(21-16(22(3)4)24(12)20-11)8-14(25)19-13-5-6-17-9-18-13/h5-7,9-10H,8H2,1-4H3,(H,17,18,19,25). The molecule has 1 N–H and O–H groups in total. The van der Waals surface area contributed by atoms with Gasteiger partial charge in [-0.25, -0.2) is 14.6 Å². The van der Waals surface area contributed by atoms with Gasteiger partial charge < -0.3 is 10.2 Å². The summed E-state index contributed by atoms with van der Waals surface area (Å²) in [4.78, 5) is 34.5. The number of carbonyl (C=O) groups excluding carboxylic acids is 1. The van der Waals surface area contributed by atoms with Crippen LogP contribution >= 0.6 is 0 Å². The summed E-state index contributed by atoms with van der Waals surface area (Å²) in [5.41, 5.74) is 0.783. The number of fused-ring (bicyclic) bond motifs is 1. The number of hydrogen-bond acceptors (Lipinski definition) is 7. The molecule has 26 heavy (non-hydrogen) atoms. The van der Waals surface area contributed by atoms with Gasteiger partial charge in [0.25, 0.3) is 5.56 Å². The van der Waals surface area contributed by atoms with Gasteiger partial charge in [0.15, 0.2) is 0 Å². The van der Waals surface area contributed by atoms with Crippen molar-refractivity contribution >= 4 is 23.2 Å². The van der Waals surface area contributed by atoms with Crippen LogP contribution in [0.3, 0.4) is 0 Å². The maximum Gasteiger partial charge on any atom is 0.293 e. The number of aromatic nitrogens is 6. The van der Waals surface area contributed by atoms with Gasteiger partial charge in [-0.3, -0.25) is 9.59 Å². The number of rotatable bonds is 5. The molecule has 3 aromatic rings. The van der Waals surface area contributed by atoms with Gasteiger partial charge in [0.1, 0.15) is 24.2 Å². The molecule has 0 unspecified atom stereocenters. The highest BCUT2D eigenvalue weighted by Crippen LogP contribution is 2.16. The fraction of sp³-hybridized carbons (Fsp3) is 0.375. The van der Waals surface area contributed by atoms with Crippen LogP contribution in [-0.4, -0.2) is 49.4 Å². The summed E-state index contributed by atoms with van der Waals surface area (Å²) < 4.78 is 2.64. The summed E-state index contributed by atoms with van der Waals surface area (Å²) >= 11 is 0. The van der Waals surface area contributed by atoms with E-state index in [0.29, 0.717) is 17.3 Å². The van der Waals surface area contributed by atoms with Crippen molar-refractivity contribution in [2.45, 2.75) is 26.3 Å². The molecule has 3 heterocycles. The van der Waals surface area contributed by atoms with Crippen molar-refractivity contribution in [3.63, 3.8) is 0 Å². The average molecular weight is 356 g/mol. The highest BCUT2D eigenvalue weighted by Gasteiger charge is 2.18. The van der Waals surface area contributed by atoms with E-state index in [9.17, 15) is 9.59 Å². The Morgan fingerprint density at radius 3 is 2.69 bits per heavy atom. The molecular weight excluding hydrogens is 336 g/mol. The van der Waals surface area contributed by atoms with Crippen molar-refractivity contribution in [3.8, 4) is 0 Å². The van der Waals surface area contributed by atoms with E-state index in [4.69, 9.17) is 0 Å². The Morgan fingerprint density at radius 1 is 1.31 bits per heavy atom. The van der Waals surface area contributed by atoms with Gasteiger partial charge in [0.2, 0.25) is 11.9 Å². The molecule has 1 amide bonds. The molecule has 0 saturated carbocycles. The molecule has 0 aromatic carbocycles. The number of nitrogens with one attached hydrogen (secondary N) is 1. The first-order valence-electron chi connectivity index (χ1n) is 8.11. The number of nitrogens with zero attached hydrogens (tertiary/aromatic N) is 7. The van der Waals surface area contributed by atoms with Gasteiger partial charge >= 0.3 is 0 Å². The summed E-state index contributed by atoms with van der Waals surface area (Å²) in [6, 6.07) is 3.30. The second kappa shape index (κ2) is 6.90. The summed E-state index contributed by atoms with van der Waals surface area (Å²) in [6.45, 7) is 3.76. The maximum absolute atomic E-state index is 12.7. The SMILES string of the molecule is CC(C)c1cc2c(=O)n(CC(=O)Nc3ccncn3)nc(N(C)C)n2n1. The summed E-state index contributed by atoms with van der Waals surface area (Å²) in [5, 5.41) is 11.4. The monoisotopic (exact) mass is 356 g/mol. The smallest absolute Gasteiger partial charge is 0.293 e. The Balaban J connectivity index is 1.99. The van der Waals surface area contributed by atoms with Crippen LogP contribution < -0.4 is 15.8 Å². The van der Waals surface area contributed by atoms with Crippen molar-refractivity contribution in [1.29, 1.82) is 0 Å². The number of carbonyl (C=O) groups is 1. The second-order valence-electron chi connectivity index (χ2n) is 6.32. The Morgan fingerprint density at radius 2 is 2.08 bits per heavy atom. The molecule has 0 spiro atoms. The Kier molecular flexibility index (Phi) is 4.65. The summed E-state index contributed by atoms with van der Waals surface area (Å²) in [6.07, 6.45) is 2.85. The molecule has 3 aromatic heterocycles. The molecule has 0 saturated heterocycles. The lowest BCUT2D eigenvalue weighted by molar-refractivity contribution is -0.117. The molecule has 10 nitrogen and oxygen atoms in total. The van der Waals surface area contributed by atoms with Gasteiger partial charge in [0, 0.05) is 20.3 Å². The fourth-order valence-corrected chi connectivity index (χ4v) is 2.38. The van der Waals surface area contributed by atoms with Gasteiger partial charge in [-0.2, -0.15) is 9.61 Å². The minimum Gasteiger partial charge on any atom is -0.346 e. The van der Waals surface area contributed by atoms with E-state index in [2.05, 4.69) is 25.5 Å². The minimum absolute atomic E-state index is 0.166. The highest BCUT2D eigenvalue weighted by atomic mass is 16.2. The van der Waals surface area contributed by atoms with E-state index in [1.807, 2.05) is 13.8 Å². The van der Waals surface area contributed by atoms with Crippen LogP contribution in [0, 0.1) is 0 Å². The van der Waals surface area contributed by atoms with Crippen LogP contribution in [0.5, 0.6) is 0 Å². The zero-order valence-corrected chi connectivity index (χ0v) is 15.0. The van der Waals surface area contributed by atoms with E-state index >= 15 is 0 Å². The lowest BCUT2D eigenvalue weighted by Gasteiger charge is -2.14. The molecule has 0 aliphatic carbocycles. The zero-order valence-electron chi connectivity index (χ0n) is 15.0. The van der Waals surface area contributed by atoms with Crippen LogP contribution in [0.25, 0.3) is 5.52 Å². The van der Waals surface area contributed by atoms with Gasteiger partial charge in [-0.15, -0.1) is 5.10 Å². The lowest BCUT2D eigenvalue weighted by atomic mass is 10.1. The first kappa shape index (κ1) is 17.5. The second-order valence-corrected chi connectivity index (χ2v) is 6.32. The van der Waals surface area contributed by atoms with Crippen molar-refractivity contribution in [2.75, 3.05) is 24.3 Å². The van der Waals surface area contributed by atoms with Crippen LogP contribution in [0.2, 0.25) is 0 Å². The lowest BCUT2D eigenvalue weighted by Crippen LogP contribution is -2.33. The van der Waals surface area contributed by atoms with E-state index < -0.39 is 5.91 Å². The first-order chi connectivity index (χ1) is 12.4. The quantitative estimate of drug-likeness (QED) is 0.709. The van der Waals surface area contributed by atoms with E-state index in [1.54, 1.807) is 31.1 Å². The Bertz CT molecular complexity index is 991. The predicted molar refractivity (Wildman–Crippen MR) is 96.3 cm³/mol. The minimum atomic E-state index is -0.407. The Hall–Kier alpha value is -3.30. The van der Waals surface area contributed by atoms with Gasteiger partial charge in [-0.05, 0) is 18.1 Å². The van der Waals surface area contributed by atoms with Gasteiger partial charge in [0.05, 0.1) is 5.69 Å². The molecule has 0 aliphatic heterocycles. The van der Waals surface area contributed by atoms with Crippen molar-refractivity contribution in [2.24, 2.45) is 0 Å². The normalized spacial score (nSPS) is 11.1. The van der Waals surface area contributed by atoms with Crippen molar-refractivity contribution in [3.05, 3.63) is 40.7 Å². The summed E-state index contributed by atoms with van der Waals surface area (Å²) in [5.74, 6) is 0.578. The van der Waals surface area contributed by atoms with Crippen LogP contribution in [-0.2, 0) is 11.3 Å². The highest BCUT2D eigenvalue weighted by molar-refractivity contribution is 5.89. The third kappa shape index (κ3) is 3.39. The molecule has 0 atom stereocenters. The first-order valence-corrected chi connectivity index (χ1v) is 8.11. The van der Waals surface area contributed by atoms with Crippen LogP contribution in [0.4, 0.5) is 11.8 Å². The molecule has 0 radical (unpaired) electrons. The number of amides is 1. The largest absolute Gasteiger partial charge is 0.346 e. The maximum atomic E-state index is 12.7. The van der Waals surface area contributed by atoms with Crippen LogP contribution in [0.15, 0.2) is 29.5 Å². The van der Waals surface area contributed by atoms with E-state index in [0.717, 1.165) is 10.4 Å². The molecule has 3 rings (SSSR count). The van der Waals surface area contributed by atoms with Crippen molar-refractivity contribution < 1.29 is 4.79 Å². The molecular formula is C16H20N8O2. The predicted octanol–water partition coefficient (Wildman–Crippen LogP) is 0.509. The molecule has 0 bridgehead atoms. The van der Waals surface area contributed by atoms with Crippen LogP contribution in [0.1, 0.15) is 25.5 Å². The summed E-state index contributed by atoms with van der Waals surface area (Å²) in [7, 11) is 3.60. The number of anilines is 2. The van der Waals surface area contributed by atoms with Gasteiger partial charge in [-0.1, -0.05) is 13.8 Å². The molecule has 0 fully saturated rings. The fourth-order valence-electron chi connectivity index (χ4n) is 2.38. The average Bonchev–Trinajstić information content (AvgIpc) is 3.04. The molecule has 136 valence electrons.